The van der Waals surface area contributed by atoms with Crippen LogP contribution in [0.3, 0.4) is 0 Å². The molecule has 1 saturated heterocycles. The van der Waals surface area contributed by atoms with Gasteiger partial charge in [-0.3, -0.25) is 0 Å². The second-order valence-electron chi connectivity index (χ2n) is 5.11. The number of aromatic nitrogens is 2. The van der Waals surface area contributed by atoms with Gasteiger partial charge in [-0.15, -0.1) is 0 Å². The lowest BCUT2D eigenvalue weighted by Gasteiger charge is -2.31. The van der Waals surface area contributed by atoms with Crippen LogP contribution in [-0.2, 0) is 0 Å². The Morgan fingerprint density at radius 3 is 2.71 bits per heavy atom. The molecule has 1 aliphatic heterocycles. The molecular formula is C13H21N3O. The second kappa shape index (κ2) is 5.45. The Labute approximate surface area is 103 Å². The van der Waals surface area contributed by atoms with Gasteiger partial charge in [0.1, 0.15) is 0 Å². The second-order valence-corrected chi connectivity index (χ2v) is 5.11. The minimum absolute atomic E-state index is 0.264. The van der Waals surface area contributed by atoms with Crippen molar-refractivity contribution in [1.82, 2.24) is 9.97 Å². The standard InChI is InChI=1S/C13H21N3O/c1-10(2)12-6-14-13(15-7-12)16-5-3-4-11(8-16)9-17/h6-7,10-11,17H,3-5,8-9H2,1-2H3. The van der Waals surface area contributed by atoms with E-state index in [0.717, 1.165) is 31.9 Å². The summed E-state index contributed by atoms with van der Waals surface area (Å²) in [7, 11) is 0. The van der Waals surface area contributed by atoms with Crippen molar-refractivity contribution in [3.8, 4) is 0 Å². The average molecular weight is 235 g/mol. The van der Waals surface area contributed by atoms with E-state index in [1.165, 1.54) is 5.56 Å². The van der Waals surface area contributed by atoms with Gasteiger partial charge in [0.2, 0.25) is 5.95 Å². The van der Waals surface area contributed by atoms with Crippen molar-refractivity contribution in [2.45, 2.75) is 32.6 Å². The van der Waals surface area contributed by atoms with Gasteiger partial charge in [0, 0.05) is 32.1 Å². The van der Waals surface area contributed by atoms with E-state index in [9.17, 15) is 5.11 Å². The Balaban J connectivity index is 2.06. The molecule has 1 aromatic rings. The van der Waals surface area contributed by atoms with Gasteiger partial charge in [-0.1, -0.05) is 13.8 Å². The number of piperidine rings is 1. The van der Waals surface area contributed by atoms with E-state index in [1.54, 1.807) is 0 Å². The Morgan fingerprint density at radius 2 is 2.12 bits per heavy atom. The summed E-state index contributed by atoms with van der Waals surface area (Å²) in [6.07, 6.45) is 6.04. The van der Waals surface area contributed by atoms with Crippen LogP contribution in [-0.4, -0.2) is 34.8 Å². The van der Waals surface area contributed by atoms with Crippen molar-refractivity contribution in [3.05, 3.63) is 18.0 Å². The van der Waals surface area contributed by atoms with Crippen LogP contribution in [0.1, 0.15) is 38.2 Å². The SMILES string of the molecule is CC(C)c1cnc(N2CCCC(CO)C2)nc1. The highest BCUT2D eigenvalue weighted by molar-refractivity contribution is 5.31. The number of hydrogen-bond acceptors (Lipinski definition) is 4. The van der Waals surface area contributed by atoms with E-state index in [4.69, 9.17) is 0 Å². The molecule has 1 unspecified atom stereocenters. The minimum Gasteiger partial charge on any atom is -0.396 e. The normalized spacial score (nSPS) is 20.9. The molecule has 94 valence electrons. The third-order valence-electron chi connectivity index (χ3n) is 3.38. The molecule has 2 rings (SSSR count). The first-order valence-corrected chi connectivity index (χ1v) is 6.38. The van der Waals surface area contributed by atoms with Crippen molar-refractivity contribution >= 4 is 5.95 Å². The summed E-state index contributed by atoms with van der Waals surface area (Å²) < 4.78 is 0. The number of aliphatic hydroxyl groups is 1. The monoisotopic (exact) mass is 235 g/mol. The highest BCUT2D eigenvalue weighted by Gasteiger charge is 2.20. The summed E-state index contributed by atoms with van der Waals surface area (Å²) >= 11 is 0. The van der Waals surface area contributed by atoms with Crippen molar-refractivity contribution < 1.29 is 5.11 Å². The van der Waals surface area contributed by atoms with E-state index in [-0.39, 0.29) is 6.61 Å². The summed E-state index contributed by atoms with van der Waals surface area (Å²) in [6, 6.07) is 0. The fourth-order valence-electron chi connectivity index (χ4n) is 2.19. The first-order chi connectivity index (χ1) is 8.20. The van der Waals surface area contributed by atoms with Gasteiger partial charge < -0.3 is 10.0 Å². The molecule has 0 spiro atoms. The summed E-state index contributed by atoms with van der Waals surface area (Å²) in [6.45, 7) is 6.41. The van der Waals surface area contributed by atoms with Crippen LogP contribution in [0.5, 0.6) is 0 Å². The average Bonchev–Trinajstić information content (AvgIpc) is 2.39. The highest BCUT2D eigenvalue weighted by atomic mass is 16.3. The predicted molar refractivity (Wildman–Crippen MR) is 68.1 cm³/mol. The molecule has 0 bridgehead atoms. The van der Waals surface area contributed by atoms with Gasteiger partial charge in [0.25, 0.3) is 0 Å². The van der Waals surface area contributed by atoms with Crippen LogP contribution in [0.4, 0.5) is 5.95 Å². The quantitative estimate of drug-likeness (QED) is 0.868. The summed E-state index contributed by atoms with van der Waals surface area (Å²) in [5.74, 6) is 1.64. The molecule has 1 atom stereocenters. The van der Waals surface area contributed by atoms with Crippen LogP contribution in [0, 0.1) is 5.92 Å². The van der Waals surface area contributed by atoms with Crippen LogP contribution >= 0.6 is 0 Å². The Bertz CT molecular complexity index is 350. The van der Waals surface area contributed by atoms with Crippen molar-refractivity contribution in [1.29, 1.82) is 0 Å². The van der Waals surface area contributed by atoms with Gasteiger partial charge in [0.05, 0.1) is 0 Å². The fourth-order valence-corrected chi connectivity index (χ4v) is 2.19. The Morgan fingerprint density at radius 1 is 1.41 bits per heavy atom. The summed E-state index contributed by atoms with van der Waals surface area (Å²) in [5.41, 5.74) is 1.17. The lowest BCUT2D eigenvalue weighted by molar-refractivity contribution is 0.208. The Hall–Kier alpha value is -1.16. The zero-order valence-electron chi connectivity index (χ0n) is 10.6. The molecule has 0 aliphatic carbocycles. The maximum absolute atomic E-state index is 9.21. The van der Waals surface area contributed by atoms with E-state index < -0.39 is 0 Å². The van der Waals surface area contributed by atoms with Crippen LogP contribution in [0.2, 0.25) is 0 Å². The highest BCUT2D eigenvalue weighted by Crippen LogP contribution is 2.20. The van der Waals surface area contributed by atoms with E-state index in [1.807, 2.05) is 12.4 Å². The van der Waals surface area contributed by atoms with Gasteiger partial charge in [0.15, 0.2) is 0 Å². The lowest BCUT2D eigenvalue weighted by Crippen LogP contribution is -2.37. The first-order valence-electron chi connectivity index (χ1n) is 6.38. The van der Waals surface area contributed by atoms with Crippen LogP contribution in [0.15, 0.2) is 12.4 Å². The molecule has 17 heavy (non-hydrogen) atoms. The summed E-state index contributed by atoms with van der Waals surface area (Å²) in [4.78, 5) is 11.0. The lowest BCUT2D eigenvalue weighted by atomic mass is 9.99. The van der Waals surface area contributed by atoms with Crippen molar-refractivity contribution in [3.63, 3.8) is 0 Å². The molecular weight excluding hydrogens is 214 g/mol. The summed E-state index contributed by atoms with van der Waals surface area (Å²) in [5, 5.41) is 9.21. The molecule has 1 aliphatic rings. The van der Waals surface area contributed by atoms with E-state index >= 15 is 0 Å². The molecule has 1 N–H and O–H groups in total. The zero-order valence-corrected chi connectivity index (χ0v) is 10.6. The molecule has 1 aromatic heterocycles. The van der Waals surface area contributed by atoms with Crippen molar-refractivity contribution in [2.75, 3.05) is 24.6 Å². The van der Waals surface area contributed by atoms with Crippen molar-refractivity contribution in [2.24, 2.45) is 5.92 Å². The molecule has 0 saturated carbocycles. The fraction of sp³-hybridized carbons (Fsp3) is 0.692. The van der Waals surface area contributed by atoms with Crippen LogP contribution < -0.4 is 4.90 Å². The third kappa shape index (κ3) is 2.94. The molecule has 2 heterocycles. The first kappa shape index (κ1) is 12.3. The van der Waals surface area contributed by atoms with E-state index in [2.05, 4.69) is 28.7 Å². The molecule has 4 nitrogen and oxygen atoms in total. The molecule has 4 heteroatoms. The number of aliphatic hydroxyl groups excluding tert-OH is 1. The predicted octanol–water partition coefficient (Wildman–Crippen LogP) is 1.81. The van der Waals surface area contributed by atoms with Gasteiger partial charge in [-0.25, -0.2) is 9.97 Å². The van der Waals surface area contributed by atoms with Gasteiger partial charge in [-0.05, 0) is 30.2 Å². The number of anilines is 1. The number of rotatable bonds is 3. The minimum atomic E-state index is 0.264. The molecule has 0 amide bonds. The maximum Gasteiger partial charge on any atom is 0.225 e. The molecule has 0 radical (unpaired) electrons. The van der Waals surface area contributed by atoms with Gasteiger partial charge >= 0.3 is 0 Å². The maximum atomic E-state index is 9.21. The zero-order chi connectivity index (χ0) is 12.3. The molecule has 0 aromatic carbocycles. The number of nitrogens with zero attached hydrogens (tertiary/aromatic N) is 3. The van der Waals surface area contributed by atoms with E-state index in [0.29, 0.717) is 11.8 Å². The topological polar surface area (TPSA) is 49.2 Å². The van der Waals surface area contributed by atoms with Crippen LogP contribution in [0.25, 0.3) is 0 Å². The molecule has 1 fully saturated rings. The van der Waals surface area contributed by atoms with Gasteiger partial charge in [-0.2, -0.15) is 0 Å². The number of hydrogen-bond donors (Lipinski definition) is 1. The largest absolute Gasteiger partial charge is 0.396 e. The third-order valence-corrected chi connectivity index (χ3v) is 3.38. The smallest absolute Gasteiger partial charge is 0.225 e. The Kier molecular flexibility index (Phi) is 3.94.